The number of H-pyrrole nitrogens is 1. The predicted octanol–water partition coefficient (Wildman–Crippen LogP) is 2.79. The van der Waals surface area contributed by atoms with Crippen molar-refractivity contribution >= 4 is 5.97 Å². The van der Waals surface area contributed by atoms with Gasteiger partial charge in [-0.05, 0) is 23.8 Å². The number of rotatable bonds is 6. The van der Waals surface area contributed by atoms with Crippen LogP contribution in [0.4, 0.5) is 4.39 Å². The molecule has 0 radical (unpaired) electrons. The van der Waals surface area contributed by atoms with E-state index < -0.39 is 11.8 Å². The smallest absolute Gasteiger partial charge is 0.304 e. The van der Waals surface area contributed by atoms with Gasteiger partial charge in [0.2, 0.25) is 0 Å². The lowest BCUT2D eigenvalue weighted by molar-refractivity contribution is -0.137. The van der Waals surface area contributed by atoms with Gasteiger partial charge in [0.1, 0.15) is 0 Å². The monoisotopic (exact) mass is 263 g/mol. The zero-order valence-corrected chi connectivity index (χ0v) is 10.2. The third-order valence-corrected chi connectivity index (χ3v) is 2.79. The van der Waals surface area contributed by atoms with Crippen LogP contribution in [0, 0.1) is 5.82 Å². The molecule has 0 aliphatic rings. The van der Waals surface area contributed by atoms with E-state index in [1.165, 1.54) is 12.1 Å². The minimum Gasteiger partial charge on any atom is -0.490 e. The Kier molecular flexibility index (Phi) is 4.18. The van der Waals surface area contributed by atoms with Gasteiger partial charge < -0.3 is 14.8 Å². The van der Waals surface area contributed by atoms with Crippen LogP contribution in [0.15, 0.2) is 42.7 Å². The minimum absolute atomic E-state index is 0.0632. The number of aromatic nitrogens is 1. The lowest BCUT2D eigenvalue weighted by Crippen LogP contribution is -2.14. The first-order chi connectivity index (χ1) is 9.16. The predicted molar refractivity (Wildman–Crippen MR) is 67.7 cm³/mol. The van der Waals surface area contributed by atoms with Crippen LogP contribution >= 0.6 is 0 Å². The van der Waals surface area contributed by atoms with Gasteiger partial charge in [-0.3, -0.25) is 4.79 Å². The van der Waals surface area contributed by atoms with Gasteiger partial charge in [-0.1, -0.05) is 12.1 Å². The summed E-state index contributed by atoms with van der Waals surface area (Å²) >= 11 is 0. The van der Waals surface area contributed by atoms with Gasteiger partial charge >= 0.3 is 5.97 Å². The molecule has 5 heteroatoms. The maximum Gasteiger partial charge on any atom is 0.304 e. The first kappa shape index (κ1) is 13.1. The van der Waals surface area contributed by atoms with Crippen molar-refractivity contribution in [2.45, 2.75) is 12.3 Å². The van der Waals surface area contributed by atoms with Gasteiger partial charge in [0.15, 0.2) is 11.6 Å². The average molecular weight is 263 g/mol. The summed E-state index contributed by atoms with van der Waals surface area (Å²) in [5.74, 6) is -1.55. The standard InChI is InChI=1S/C14H14FNO3/c15-12-3-1-2-4-13(12)19-9-11(7-14(17)18)10-5-6-16-8-10/h1-6,8,11,16H,7,9H2,(H,17,18). The molecular formula is C14H14FNO3. The number of para-hydroxylation sites is 1. The molecule has 0 fully saturated rings. The second kappa shape index (κ2) is 6.04. The maximum absolute atomic E-state index is 13.4. The maximum atomic E-state index is 13.4. The van der Waals surface area contributed by atoms with Crippen molar-refractivity contribution in [3.63, 3.8) is 0 Å². The molecule has 1 aromatic carbocycles. The van der Waals surface area contributed by atoms with Gasteiger partial charge in [0.05, 0.1) is 13.0 Å². The molecule has 1 atom stereocenters. The first-order valence-corrected chi connectivity index (χ1v) is 5.88. The summed E-state index contributed by atoms with van der Waals surface area (Å²) in [4.78, 5) is 13.7. The highest BCUT2D eigenvalue weighted by Crippen LogP contribution is 2.22. The van der Waals surface area contributed by atoms with E-state index in [9.17, 15) is 9.18 Å². The lowest BCUT2D eigenvalue weighted by Gasteiger charge is -2.15. The molecule has 0 amide bonds. The van der Waals surface area contributed by atoms with E-state index in [1.807, 2.05) is 0 Å². The van der Waals surface area contributed by atoms with Gasteiger partial charge in [0, 0.05) is 18.3 Å². The molecule has 0 bridgehead atoms. The molecule has 1 unspecified atom stereocenters. The number of nitrogens with one attached hydrogen (secondary N) is 1. The fraction of sp³-hybridized carbons (Fsp3) is 0.214. The second-order valence-corrected chi connectivity index (χ2v) is 4.18. The van der Waals surface area contributed by atoms with Crippen LogP contribution in [0.25, 0.3) is 0 Å². The number of aliphatic carboxylic acids is 1. The van der Waals surface area contributed by atoms with Gasteiger partial charge in [-0.2, -0.15) is 0 Å². The van der Waals surface area contributed by atoms with E-state index in [0.29, 0.717) is 0 Å². The number of carbonyl (C=O) groups is 1. The molecule has 0 spiro atoms. The van der Waals surface area contributed by atoms with Crippen LogP contribution in [0.1, 0.15) is 17.9 Å². The molecule has 0 saturated carbocycles. The molecule has 2 rings (SSSR count). The Labute approximate surface area is 109 Å². The van der Waals surface area contributed by atoms with Crippen molar-refractivity contribution in [3.05, 3.63) is 54.1 Å². The number of carboxylic acid groups (broad SMARTS) is 1. The summed E-state index contributed by atoms with van der Waals surface area (Å²) in [7, 11) is 0. The molecule has 2 N–H and O–H groups in total. The molecule has 1 aromatic heterocycles. The van der Waals surface area contributed by atoms with E-state index in [-0.39, 0.29) is 24.7 Å². The highest BCUT2D eigenvalue weighted by molar-refractivity contribution is 5.68. The first-order valence-electron chi connectivity index (χ1n) is 5.88. The minimum atomic E-state index is -0.914. The second-order valence-electron chi connectivity index (χ2n) is 4.18. The topological polar surface area (TPSA) is 62.3 Å². The lowest BCUT2D eigenvalue weighted by atomic mass is 9.99. The van der Waals surface area contributed by atoms with Crippen molar-refractivity contribution in [1.82, 2.24) is 4.98 Å². The summed E-state index contributed by atoms with van der Waals surface area (Å²) in [6, 6.07) is 7.85. The Bertz CT molecular complexity index is 539. The van der Waals surface area contributed by atoms with E-state index >= 15 is 0 Å². The number of halogens is 1. The summed E-state index contributed by atoms with van der Waals surface area (Å²) in [5, 5.41) is 8.89. The summed E-state index contributed by atoms with van der Waals surface area (Å²) in [6.45, 7) is 0.116. The Balaban J connectivity index is 2.05. The quantitative estimate of drug-likeness (QED) is 0.842. The molecule has 1 heterocycles. The fourth-order valence-corrected chi connectivity index (χ4v) is 1.83. The SMILES string of the molecule is O=C(O)CC(COc1ccccc1F)c1cc[nH]c1. The summed E-state index contributed by atoms with van der Waals surface area (Å²) < 4.78 is 18.8. The average Bonchev–Trinajstić information content (AvgIpc) is 2.89. The van der Waals surface area contributed by atoms with Crippen LogP contribution in [0.5, 0.6) is 5.75 Å². The zero-order valence-electron chi connectivity index (χ0n) is 10.2. The van der Waals surface area contributed by atoms with E-state index in [1.54, 1.807) is 30.6 Å². The molecule has 19 heavy (non-hydrogen) atoms. The number of hydrogen-bond acceptors (Lipinski definition) is 2. The highest BCUT2D eigenvalue weighted by atomic mass is 19.1. The van der Waals surface area contributed by atoms with E-state index in [2.05, 4.69) is 4.98 Å². The van der Waals surface area contributed by atoms with Crippen molar-refractivity contribution in [1.29, 1.82) is 0 Å². The summed E-state index contributed by atoms with van der Waals surface area (Å²) in [6.07, 6.45) is 3.37. The molecule has 0 saturated heterocycles. The third-order valence-electron chi connectivity index (χ3n) is 2.79. The normalized spacial score (nSPS) is 12.1. The Morgan fingerprint density at radius 1 is 1.37 bits per heavy atom. The number of aromatic amines is 1. The Morgan fingerprint density at radius 3 is 2.79 bits per heavy atom. The van der Waals surface area contributed by atoms with Crippen LogP contribution in [-0.4, -0.2) is 22.7 Å². The number of carboxylic acids is 1. The number of benzene rings is 1. The fourth-order valence-electron chi connectivity index (χ4n) is 1.83. The third kappa shape index (κ3) is 3.58. The van der Waals surface area contributed by atoms with Crippen molar-refractivity contribution in [2.24, 2.45) is 0 Å². The van der Waals surface area contributed by atoms with Crippen molar-refractivity contribution in [2.75, 3.05) is 6.61 Å². The molecular weight excluding hydrogens is 249 g/mol. The van der Waals surface area contributed by atoms with Crippen LogP contribution in [-0.2, 0) is 4.79 Å². The Hall–Kier alpha value is -2.30. The van der Waals surface area contributed by atoms with Crippen LogP contribution < -0.4 is 4.74 Å². The molecule has 0 aliphatic heterocycles. The highest BCUT2D eigenvalue weighted by Gasteiger charge is 2.17. The van der Waals surface area contributed by atoms with Crippen molar-refractivity contribution in [3.8, 4) is 5.75 Å². The van der Waals surface area contributed by atoms with Crippen LogP contribution in [0.3, 0.4) is 0 Å². The molecule has 0 aliphatic carbocycles. The van der Waals surface area contributed by atoms with Gasteiger partial charge in [0.25, 0.3) is 0 Å². The van der Waals surface area contributed by atoms with Gasteiger partial charge in [-0.25, -0.2) is 4.39 Å². The van der Waals surface area contributed by atoms with Crippen LogP contribution in [0.2, 0.25) is 0 Å². The van der Waals surface area contributed by atoms with E-state index in [0.717, 1.165) is 5.56 Å². The molecule has 100 valence electrons. The zero-order chi connectivity index (χ0) is 13.7. The Morgan fingerprint density at radius 2 is 2.16 bits per heavy atom. The molecule has 2 aromatic rings. The van der Waals surface area contributed by atoms with E-state index in [4.69, 9.17) is 9.84 Å². The number of ether oxygens (including phenoxy) is 1. The molecule has 4 nitrogen and oxygen atoms in total. The largest absolute Gasteiger partial charge is 0.490 e. The van der Waals surface area contributed by atoms with Crippen molar-refractivity contribution < 1.29 is 19.0 Å². The number of hydrogen-bond donors (Lipinski definition) is 2. The summed E-state index contributed by atoms with van der Waals surface area (Å²) in [5.41, 5.74) is 0.832. The van der Waals surface area contributed by atoms with Gasteiger partial charge in [-0.15, -0.1) is 0 Å².